The molecule has 11 heteroatoms. The van der Waals surface area contributed by atoms with Crippen molar-refractivity contribution in [1.29, 1.82) is 0 Å². The highest BCUT2D eigenvalue weighted by Gasteiger charge is 2.30. The highest BCUT2D eigenvalue weighted by Crippen LogP contribution is 2.38. The van der Waals surface area contributed by atoms with E-state index in [1.165, 1.54) is 0 Å². The third-order valence-electron chi connectivity index (χ3n) is 9.31. The zero-order valence-corrected chi connectivity index (χ0v) is 25.3. The fourth-order valence-corrected chi connectivity index (χ4v) is 6.41. The number of amides is 2. The van der Waals surface area contributed by atoms with E-state index < -0.39 is 6.04 Å². The number of aromatic nitrogens is 5. The van der Waals surface area contributed by atoms with Gasteiger partial charge in [0.1, 0.15) is 6.04 Å². The fourth-order valence-electron chi connectivity index (χ4n) is 6.41. The zero-order chi connectivity index (χ0) is 31.1. The number of fused-ring (bicyclic) bond motifs is 2. The average Bonchev–Trinajstić information content (AvgIpc) is 3.71. The van der Waals surface area contributed by atoms with E-state index in [0.29, 0.717) is 41.5 Å². The largest absolute Gasteiger partial charge is 0.344 e. The number of anilines is 1. The summed E-state index contributed by atoms with van der Waals surface area (Å²) in [5, 5.41) is 10.7. The third-order valence-corrected chi connectivity index (χ3v) is 9.31. The van der Waals surface area contributed by atoms with Gasteiger partial charge in [-0.3, -0.25) is 9.59 Å². The summed E-state index contributed by atoms with van der Waals surface area (Å²) in [6.07, 6.45) is 8.04. The summed E-state index contributed by atoms with van der Waals surface area (Å²) in [5.74, 6) is 1.30. The maximum absolute atomic E-state index is 13.6. The van der Waals surface area contributed by atoms with Crippen LogP contribution < -0.4 is 22.1 Å². The molecule has 2 amide bonds. The van der Waals surface area contributed by atoms with Gasteiger partial charge in [-0.05, 0) is 98.9 Å². The Morgan fingerprint density at radius 2 is 1.76 bits per heavy atom. The minimum absolute atomic E-state index is 0.102. The average molecular weight is 607 g/mol. The lowest BCUT2D eigenvalue weighted by molar-refractivity contribution is -0.130. The molecule has 11 nitrogen and oxygen atoms in total. The van der Waals surface area contributed by atoms with Gasteiger partial charge in [0.15, 0.2) is 11.5 Å². The van der Waals surface area contributed by atoms with Gasteiger partial charge in [0.25, 0.3) is 0 Å². The summed E-state index contributed by atoms with van der Waals surface area (Å²) in [6, 6.07) is 14.5. The number of hydrogen-bond donors (Lipinski definition) is 5. The van der Waals surface area contributed by atoms with E-state index in [4.69, 9.17) is 15.8 Å². The van der Waals surface area contributed by atoms with E-state index in [-0.39, 0.29) is 23.4 Å². The summed E-state index contributed by atoms with van der Waals surface area (Å²) >= 11 is 0. The molecule has 7 rings (SSSR count). The molecule has 2 fully saturated rings. The molecule has 232 valence electrons. The van der Waals surface area contributed by atoms with Crippen molar-refractivity contribution in [3.8, 4) is 11.1 Å². The van der Waals surface area contributed by atoms with E-state index in [1.807, 2.05) is 35.0 Å². The Balaban J connectivity index is 1.10. The minimum Gasteiger partial charge on any atom is -0.344 e. The van der Waals surface area contributed by atoms with Crippen LogP contribution in [0.4, 0.5) is 5.69 Å². The number of carbonyl (C=O) groups excluding carboxylic acids is 2. The smallest absolute Gasteiger partial charge is 0.323 e. The zero-order valence-electron chi connectivity index (χ0n) is 25.3. The molecule has 1 unspecified atom stereocenters. The van der Waals surface area contributed by atoms with Crippen molar-refractivity contribution in [2.75, 3.05) is 11.9 Å². The van der Waals surface area contributed by atoms with Crippen LogP contribution in [0.5, 0.6) is 0 Å². The quantitative estimate of drug-likeness (QED) is 0.169. The van der Waals surface area contributed by atoms with Gasteiger partial charge in [0.05, 0.1) is 11.0 Å². The van der Waals surface area contributed by atoms with Crippen LogP contribution in [0.15, 0.2) is 59.5 Å². The number of nitrogens with two attached hydrogens (primary N) is 1. The van der Waals surface area contributed by atoms with Crippen LogP contribution in [0.3, 0.4) is 0 Å². The van der Waals surface area contributed by atoms with Crippen molar-refractivity contribution in [2.24, 2.45) is 17.6 Å². The molecule has 0 radical (unpaired) electrons. The Hall–Kier alpha value is -4.77. The highest BCUT2D eigenvalue weighted by molar-refractivity contribution is 5.98. The van der Waals surface area contributed by atoms with Crippen LogP contribution in [0.25, 0.3) is 27.8 Å². The summed E-state index contributed by atoms with van der Waals surface area (Å²) in [5.41, 5.74) is 12.3. The lowest BCUT2D eigenvalue weighted by Crippen LogP contribution is -2.48. The Bertz CT molecular complexity index is 1930. The molecule has 2 saturated carbocycles. The van der Waals surface area contributed by atoms with Gasteiger partial charge in [0, 0.05) is 35.7 Å². The summed E-state index contributed by atoms with van der Waals surface area (Å²) in [4.78, 5) is 48.9. The Labute approximate surface area is 260 Å². The van der Waals surface area contributed by atoms with Gasteiger partial charge in [-0.15, -0.1) is 0 Å². The monoisotopic (exact) mass is 606 g/mol. The predicted octanol–water partition coefficient (Wildman–Crippen LogP) is 4.18. The van der Waals surface area contributed by atoms with Crippen molar-refractivity contribution >= 4 is 34.2 Å². The van der Waals surface area contributed by atoms with E-state index in [9.17, 15) is 14.4 Å². The molecule has 0 saturated heterocycles. The number of hydrogen-bond acceptors (Lipinski definition) is 6. The molecule has 6 N–H and O–H groups in total. The Kier molecular flexibility index (Phi) is 7.70. The number of carbonyl (C=O) groups is 2. The van der Waals surface area contributed by atoms with Crippen molar-refractivity contribution in [1.82, 2.24) is 29.9 Å². The van der Waals surface area contributed by atoms with E-state index in [1.54, 1.807) is 18.2 Å². The van der Waals surface area contributed by atoms with Crippen LogP contribution in [0, 0.1) is 18.8 Å². The van der Waals surface area contributed by atoms with Gasteiger partial charge in [-0.2, -0.15) is 5.10 Å². The van der Waals surface area contributed by atoms with Crippen molar-refractivity contribution in [2.45, 2.75) is 63.8 Å². The number of benzene rings is 2. The van der Waals surface area contributed by atoms with Crippen LogP contribution >= 0.6 is 0 Å². The molecule has 1 atom stereocenters. The van der Waals surface area contributed by atoms with Gasteiger partial charge in [-0.25, -0.2) is 14.3 Å². The molecule has 3 heterocycles. The second-order valence-corrected chi connectivity index (χ2v) is 12.7. The molecule has 3 aromatic heterocycles. The summed E-state index contributed by atoms with van der Waals surface area (Å²) < 4.78 is 1.86. The van der Waals surface area contributed by atoms with Crippen LogP contribution in [-0.2, 0) is 16.0 Å². The maximum Gasteiger partial charge on any atom is 0.323 e. The lowest BCUT2D eigenvalue weighted by atomic mass is 9.81. The first kappa shape index (κ1) is 29.0. The molecule has 2 aromatic carbocycles. The van der Waals surface area contributed by atoms with Gasteiger partial charge in [-0.1, -0.05) is 24.3 Å². The van der Waals surface area contributed by atoms with E-state index in [2.05, 4.69) is 33.6 Å². The van der Waals surface area contributed by atoms with Crippen LogP contribution in [0.2, 0.25) is 0 Å². The van der Waals surface area contributed by atoms with Crippen molar-refractivity contribution < 1.29 is 9.59 Å². The number of imidazole rings is 1. The molecule has 0 bridgehead atoms. The maximum atomic E-state index is 13.6. The summed E-state index contributed by atoms with van der Waals surface area (Å²) in [6.45, 7) is 2.71. The Morgan fingerprint density at radius 3 is 2.49 bits per heavy atom. The third kappa shape index (κ3) is 6.26. The number of aromatic amines is 2. The molecule has 0 spiro atoms. The first-order valence-corrected chi connectivity index (χ1v) is 15.8. The van der Waals surface area contributed by atoms with Gasteiger partial charge >= 0.3 is 5.69 Å². The molecule has 5 aromatic rings. The number of nitrogens with one attached hydrogen (secondary N) is 4. The number of H-pyrrole nitrogens is 2. The van der Waals surface area contributed by atoms with Crippen LogP contribution in [-0.4, -0.2) is 49.0 Å². The van der Waals surface area contributed by atoms with Gasteiger partial charge < -0.3 is 26.3 Å². The second kappa shape index (κ2) is 12.0. The predicted molar refractivity (Wildman–Crippen MR) is 173 cm³/mol. The minimum atomic E-state index is -0.786. The lowest BCUT2D eigenvalue weighted by Gasteiger charge is -2.28. The normalized spacial score (nSPS) is 19.1. The molecule has 2 aliphatic rings. The topological polar surface area (TPSA) is 163 Å². The number of aryl methyl sites for hydroxylation is 1. The summed E-state index contributed by atoms with van der Waals surface area (Å²) in [7, 11) is 0. The Morgan fingerprint density at radius 1 is 1.00 bits per heavy atom. The molecule has 45 heavy (non-hydrogen) atoms. The molecular formula is C34H38N8O3. The van der Waals surface area contributed by atoms with E-state index in [0.717, 1.165) is 72.3 Å². The van der Waals surface area contributed by atoms with Crippen molar-refractivity contribution in [3.63, 3.8) is 0 Å². The molecule has 0 aliphatic heterocycles. The number of pyridine rings is 1. The first-order chi connectivity index (χ1) is 21.8. The van der Waals surface area contributed by atoms with E-state index >= 15 is 0 Å². The fraction of sp³-hybridized carbons (Fsp3) is 0.382. The number of nitrogens with zero attached hydrogens (tertiary/aromatic N) is 3. The molecule has 2 aliphatic carbocycles. The molecular weight excluding hydrogens is 568 g/mol. The second-order valence-electron chi connectivity index (χ2n) is 12.7. The SMILES string of the molecule is Cc1cc2nc(C3CC3)nn2cc1-c1ccc(CC(NC(=O)C2CCC(CN)CC2)C(=O)Nc2ccc3[nH]c(=O)[nH]c3c2)cc1. The van der Waals surface area contributed by atoms with Gasteiger partial charge in [0.2, 0.25) is 11.8 Å². The van der Waals surface area contributed by atoms with Crippen molar-refractivity contribution in [3.05, 3.63) is 82.2 Å². The number of rotatable bonds is 9. The standard InChI is InChI=1S/C34H38N8O3/c1-19-14-30-40-31(23-10-11-23)41-42(30)18-26(19)22-6-2-20(3-7-22)15-29(37-32(43)24-8-4-21(17-35)5-9-24)33(44)36-25-12-13-27-28(16-25)39-34(45)38-27/h2-3,6-7,12-14,16,18,21,23-24,29H,4-5,8-11,15,17,35H2,1H3,(H,36,44)(H,37,43)(H2,38,39,45). The first-order valence-electron chi connectivity index (χ1n) is 15.8. The highest BCUT2D eigenvalue weighted by atomic mass is 16.2. The van der Waals surface area contributed by atoms with Crippen LogP contribution in [0.1, 0.15) is 61.4 Å².